The first-order chi connectivity index (χ1) is 13.9. The Hall–Kier alpha value is -3.42. The smallest absolute Gasteiger partial charge is 0.224 e. The first-order valence-electron chi connectivity index (χ1n) is 8.84. The third kappa shape index (κ3) is 4.71. The van der Waals surface area contributed by atoms with E-state index in [-0.39, 0.29) is 36.0 Å². The molecule has 3 aromatic rings. The number of carbonyl (C=O) groups excluding carboxylic acids is 1. The Morgan fingerprint density at radius 3 is 2.55 bits per heavy atom. The molecule has 3 rings (SSSR count). The van der Waals surface area contributed by atoms with E-state index in [1.807, 2.05) is 6.92 Å². The third-order valence-corrected chi connectivity index (χ3v) is 4.32. The molecule has 0 aliphatic carbocycles. The second kappa shape index (κ2) is 8.72. The summed E-state index contributed by atoms with van der Waals surface area (Å²) in [6.45, 7) is 1.84. The van der Waals surface area contributed by atoms with Gasteiger partial charge in [-0.1, -0.05) is 0 Å². The lowest BCUT2D eigenvalue weighted by molar-refractivity contribution is -0.116. The molecule has 6 nitrogen and oxygen atoms in total. The zero-order valence-corrected chi connectivity index (χ0v) is 16.2. The fourth-order valence-corrected chi connectivity index (χ4v) is 2.79. The fraction of sp³-hybridized carbons (Fsp3) is 0.238. The maximum atomic E-state index is 13.8. The molecule has 0 aliphatic rings. The number of anilines is 1. The normalized spacial score (nSPS) is 10.7. The SMILES string of the molecule is COc1cc(C)c(NC(=O)CCc2ncc(-c3ccc(F)cc3F)o2)cc1OC. The van der Waals surface area contributed by atoms with E-state index in [4.69, 9.17) is 13.9 Å². The highest BCUT2D eigenvalue weighted by Crippen LogP contribution is 2.33. The maximum absolute atomic E-state index is 13.8. The number of benzene rings is 2. The number of amides is 1. The predicted octanol–water partition coefficient (Wildman–Crippen LogP) is 4.52. The molecule has 0 saturated heterocycles. The zero-order chi connectivity index (χ0) is 21.0. The van der Waals surface area contributed by atoms with E-state index in [0.29, 0.717) is 17.2 Å². The molecule has 0 aliphatic heterocycles. The van der Waals surface area contributed by atoms with Crippen molar-refractivity contribution in [2.45, 2.75) is 19.8 Å². The van der Waals surface area contributed by atoms with Crippen molar-refractivity contribution in [3.8, 4) is 22.8 Å². The molecule has 1 N–H and O–H groups in total. The summed E-state index contributed by atoms with van der Waals surface area (Å²) in [6.07, 6.45) is 1.68. The molecule has 0 bridgehead atoms. The van der Waals surface area contributed by atoms with Crippen LogP contribution in [0.1, 0.15) is 17.9 Å². The number of hydrogen-bond donors (Lipinski definition) is 1. The molecular formula is C21H20F2N2O4. The monoisotopic (exact) mass is 402 g/mol. The van der Waals surface area contributed by atoms with Gasteiger partial charge in [0.25, 0.3) is 0 Å². The van der Waals surface area contributed by atoms with E-state index in [0.717, 1.165) is 17.7 Å². The summed E-state index contributed by atoms with van der Waals surface area (Å²) >= 11 is 0. The first-order valence-corrected chi connectivity index (χ1v) is 8.84. The number of aryl methyl sites for hydroxylation is 2. The summed E-state index contributed by atoms with van der Waals surface area (Å²) in [5.41, 5.74) is 1.53. The van der Waals surface area contributed by atoms with Crippen LogP contribution >= 0.6 is 0 Å². The predicted molar refractivity (Wildman–Crippen MR) is 103 cm³/mol. The van der Waals surface area contributed by atoms with E-state index in [1.165, 1.54) is 26.5 Å². The van der Waals surface area contributed by atoms with Gasteiger partial charge in [-0.25, -0.2) is 13.8 Å². The Labute approximate surface area is 166 Å². The Morgan fingerprint density at radius 2 is 1.86 bits per heavy atom. The minimum absolute atomic E-state index is 0.107. The Balaban J connectivity index is 1.64. The largest absolute Gasteiger partial charge is 0.493 e. The number of nitrogens with zero attached hydrogens (tertiary/aromatic N) is 1. The zero-order valence-electron chi connectivity index (χ0n) is 16.2. The van der Waals surface area contributed by atoms with Crippen molar-refractivity contribution in [3.05, 3.63) is 59.6 Å². The molecule has 0 saturated carbocycles. The Bertz CT molecular complexity index is 1030. The highest BCUT2D eigenvalue weighted by atomic mass is 19.1. The van der Waals surface area contributed by atoms with Crippen LogP contribution in [-0.4, -0.2) is 25.1 Å². The molecule has 152 valence electrons. The molecule has 0 spiro atoms. The number of nitrogens with one attached hydrogen (secondary N) is 1. The van der Waals surface area contributed by atoms with Gasteiger partial charge in [-0.15, -0.1) is 0 Å². The van der Waals surface area contributed by atoms with Crippen LogP contribution in [0.25, 0.3) is 11.3 Å². The molecule has 0 radical (unpaired) electrons. The number of methoxy groups -OCH3 is 2. The maximum Gasteiger partial charge on any atom is 0.224 e. The van der Waals surface area contributed by atoms with Crippen molar-refractivity contribution in [2.75, 3.05) is 19.5 Å². The van der Waals surface area contributed by atoms with Crippen molar-refractivity contribution in [2.24, 2.45) is 0 Å². The highest BCUT2D eigenvalue weighted by Gasteiger charge is 2.14. The van der Waals surface area contributed by atoms with Gasteiger partial charge in [0, 0.05) is 30.7 Å². The minimum atomic E-state index is -0.741. The topological polar surface area (TPSA) is 73.6 Å². The van der Waals surface area contributed by atoms with Gasteiger partial charge in [0.2, 0.25) is 5.91 Å². The van der Waals surface area contributed by atoms with Crippen LogP contribution in [0.4, 0.5) is 14.5 Å². The molecule has 0 fully saturated rings. The molecule has 8 heteroatoms. The van der Waals surface area contributed by atoms with Crippen LogP contribution in [-0.2, 0) is 11.2 Å². The lowest BCUT2D eigenvalue weighted by Gasteiger charge is -2.13. The lowest BCUT2D eigenvalue weighted by atomic mass is 10.1. The molecule has 0 atom stereocenters. The van der Waals surface area contributed by atoms with E-state index in [9.17, 15) is 13.6 Å². The number of rotatable bonds is 7. The van der Waals surface area contributed by atoms with Crippen LogP contribution in [0.5, 0.6) is 11.5 Å². The average molecular weight is 402 g/mol. The molecule has 2 aromatic carbocycles. The van der Waals surface area contributed by atoms with E-state index < -0.39 is 11.6 Å². The van der Waals surface area contributed by atoms with Gasteiger partial charge in [0.15, 0.2) is 23.1 Å². The van der Waals surface area contributed by atoms with Crippen molar-refractivity contribution < 1.29 is 27.5 Å². The number of carbonyl (C=O) groups is 1. The molecular weight excluding hydrogens is 382 g/mol. The van der Waals surface area contributed by atoms with Crippen molar-refractivity contribution >= 4 is 11.6 Å². The number of hydrogen-bond acceptors (Lipinski definition) is 5. The number of halogens is 2. The summed E-state index contributed by atoms with van der Waals surface area (Å²) in [5.74, 6) is -0.123. The second-order valence-corrected chi connectivity index (χ2v) is 6.31. The summed E-state index contributed by atoms with van der Waals surface area (Å²) in [7, 11) is 3.06. The van der Waals surface area contributed by atoms with Crippen LogP contribution in [0.15, 0.2) is 40.9 Å². The highest BCUT2D eigenvalue weighted by molar-refractivity contribution is 5.92. The van der Waals surface area contributed by atoms with Crippen molar-refractivity contribution in [1.29, 1.82) is 0 Å². The van der Waals surface area contributed by atoms with Crippen LogP contribution in [0.2, 0.25) is 0 Å². The van der Waals surface area contributed by atoms with E-state index in [2.05, 4.69) is 10.3 Å². The van der Waals surface area contributed by atoms with E-state index >= 15 is 0 Å². The lowest BCUT2D eigenvalue weighted by Crippen LogP contribution is -2.13. The number of ether oxygens (including phenoxy) is 2. The van der Waals surface area contributed by atoms with Gasteiger partial charge in [-0.3, -0.25) is 4.79 Å². The van der Waals surface area contributed by atoms with E-state index in [1.54, 1.807) is 12.1 Å². The van der Waals surface area contributed by atoms with Gasteiger partial charge in [0.1, 0.15) is 11.6 Å². The summed E-state index contributed by atoms with van der Waals surface area (Å²) in [6, 6.07) is 6.65. The Morgan fingerprint density at radius 1 is 1.14 bits per heavy atom. The van der Waals surface area contributed by atoms with Gasteiger partial charge in [0.05, 0.1) is 26.0 Å². The van der Waals surface area contributed by atoms with Crippen molar-refractivity contribution in [3.63, 3.8) is 0 Å². The molecule has 1 heterocycles. The number of aromatic nitrogens is 1. The molecule has 1 aromatic heterocycles. The van der Waals surface area contributed by atoms with Crippen LogP contribution in [0, 0.1) is 18.6 Å². The first kappa shape index (κ1) is 20.3. The standard InChI is InChI=1S/C21H20F2N2O4/c1-12-8-17(27-2)18(28-3)10-16(12)25-20(26)6-7-21-24-11-19(29-21)14-5-4-13(22)9-15(14)23/h4-5,8-11H,6-7H2,1-3H3,(H,25,26). The van der Waals surface area contributed by atoms with Crippen LogP contribution < -0.4 is 14.8 Å². The summed E-state index contributed by atoms with van der Waals surface area (Å²) < 4.78 is 42.8. The second-order valence-electron chi connectivity index (χ2n) is 6.31. The number of oxazole rings is 1. The minimum Gasteiger partial charge on any atom is -0.493 e. The fourth-order valence-electron chi connectivity index (χ4n) is 2.79. The average Bonchev–Trinajstić information content (AvgIpc) is 3.16. The molecule has 29 heavy (non-hydrogen) atoms. The molecule has 0 unspecified atom stereocenters. The quantitative estimate of drug-likeness (QED) is 0.629. The van der Waals surface area contributed by atoms with Gasteiger partial charge >= 0.3 is 0 Å². The van der Waals surface area contributed by atoms with Crippen molar-refractivity contribution in [1.82, 2.24) is 4.98 Å². The molecule has 1 amide bonds. The van der Waals surface area contributed by atoms with Gasteiger partial charge in [-0.2, -0.15) is 0 Å². The summed E-state index contributed by atoms with van der Waals surface area (Å²) in [5, 5.41) is 2.81. The summed E-state index contributed by atoms with van der Waals surface area (Å²) in [4.78, 5) is 16.4. The van der Waals surface area contributed by atoms with Gasteiger partial charge in [-0.05, 0) is 30.7 Å². The third-order valence-electron chi connectivity index (χ3n) is 4.32. The van der Waals surface area contributed by atoms with Gasteiger partial charge < -0.3 is 19.2 Å². The van der Waals surface area contributed by atoms with Crippen LogP contribution in [0.3, 0.4) is 0 Å². The Kier molecular flexibility index (Phi) is 6.11.